The van der Waals surface area contributed by atoms with E-state index in [1.807, 2.05) is 32.0 Å². The summed E-state index contributed by atoms with van der Waals surface area (Å²) in [4.78, 5) is 11.9. The lowest BCUT2D eigenvalue weighted by molar-refractivity contribution is -0.119. The average molecular weight is 289 g/mol. The van der Waals surface area contributed by atoms with Crippen LogP contribution in [-0.2, 0) is 14.9 Å². The van der Waals surface area contributed by atoms with E-state index in [4.69, 9.17) is 4.74 Å². The molecule has 1 saturated heterocycles. The van der Waals surface area contributed by atoms with Crippen LogP contribution in [-0.4, -0.2) is 23.7 Å². The fourth-order valence-corrected chi connectivity index (χ4v) is 3.18. The number of carbonyl (C=O) groups is 1. The number of carbonyl (C=O) groups excluding carboxylic acids is 1. The van der Waals surface area contributed by atoms with E-state index in [1.54, 1.807) is 0 Å². The quantitative estimate of drug-likeness (QED) is 0.896. The maximum absolute atomic E-state index is 11.9. The van der Waals surface area contributed by atoms with Gasteiger partial charge in [-0.05, 0) is 56.7 Å². The predicted octanol–water partition coefficient (Wildman–Crippen LogP) is 2.91. The van der Waals surface area contributed by atoms with Gasteiger partial charge in [0.2, 0.25) is 5.91 Å². The van der Waals surface area contributed by atoms with Gasteiger partial charge in [0.05, 0.1) is 17.6 Å². The lowest BCUT2D eigenvalue weighted by atomic mass is 9.84. The smallest absolute Gasteiger partial charge is 0.234 e. The number of aliphatic hydroxyl groups excluding tert-OH is 1. The van der Waals surface area contributed by atoms with E-state index < -0.39 is 11.5 Å². The number of hydrogen-bond acceptors (Lipinski definition) is 3. The molecule has 4 nitrogen and oxygen atoms in total. The van der Waals surface area contributed by atoms with Gasteiger partial charge in [0.25, 0.3) is 0 Å². The number of rotatable bonds is 4. The minimum Gasteiger partial charge on any atom is -0.388 e. The molecule has 0 aliphatic carbocycles. The zero-order valence-electron chi connectivity index (χ0n) is 12.7. The first kappa shape index (κ1) is 14.5. The largest absolute Gasteiger partial charge is 0.388 e. The number of fused-ring (bicyclic) bond motifs is 1. The van der Waals surface area contributed by atoms with E-state index in [1.165, 1.54) is 0 Å². The van der Waals surface area contributed by atoms with E-state index in [2.05, 4.69) is 5.32 Å². The van der Waals surface area contributed by atoms with Crippen molar-refractivity contribution in [3.63, 3.8) is 0 Å². The second-order valence-corrected chi connectivity index (χ2v) is 6.61. The molecule has 114 valence electrons. The van der Waals surface area contributed by atoms with Crippen LogP contribution in [0.1, 0.15) is 56.8 Å². The minimum absolute atomic E-state index is 0.0171. The second-order valence-electron chi connectivity index (χ2n) is 6.61. The van der Waals surface area contributed by atoms with Gasteiger partial charge < -0.3 is 15.2 Å². The van der Waals surface area contributed by atoms with Gasteiger partial charge in [0.1, 0.15) is 0 Å². The molecule has 0 saturated carbocycles. The SMILES string of the molecule is CC1(C)C(=O)Nc2ccc(C(O)CCC3CCCO3)cc21. The Morgan fingerprint density at radius 3 is 3.00 bits per heavy atom. The van der Waals surface area contributed by atoms with Crippen molar-refractivity contribution in [2.75, 3.05) is 11.9 Å². The summed E-state index contributed by atoms with van der Waals surface area (Å²) < 4.78 is 5.59. The fourth-order valence-electron chi connectivity index (χ4n) is 3.18. The van der Waals surface area contributed by atoms with Crippen molar-refractivity contribution in [2.45, 2.75) is 57.2 Å². The van der Waals surface area contributed by atoms with Crippen LogP contribution in [0.5, 0.6) is 0 Å². The van der Waals surface area contributed by atoms with Gasteiger partial charge in [-0.1, -0.05) is 12.1 Å². The molecule has 0 bridgehead atoms. The molecule has 1 fully saturated rings. The zero-order chi connectivity index (χ0) is 15.0. The molecule has 0 radical (unpaired) electrons. The number of amides is 1. The summed E-state index contributed by atoms with van der Waals surface area (Å²) in [5, 5.41) is 13.3. The maximum Gasteiger partial charge on any atom is 0.234 e. The van der Waals surface area contributed by atoms with Crippen LogP contribution in [0.25, 0.3) is 0 Å². The molecule has 0 aromatic heterocycles. The van der Waals surface area contributed by atoms with Crippen molar-refractivity contribution in [2.24, 2.45) is 0 Å². The molecule has 21 heavy (non-hydrogen) atoms. The number of hydrogen-bond donors (Lipinski definition) is 2. The maximum atomic E-state index is 11.9. The summed E-state index contributed by atoms with van der Waals surface area (Å²) in [5.41, 5.74) is 2.19. The normalized spacial score (nSPS) is 24.7. The molecule has 1 aromatic rings. The molecule has 2 aliphatic heterocycles. The predicted molar refractivity (Wildman–Crippen MR) is 81.3 cm³/mol. The highest BCUT2D eigenvalue weighted by Crippen LogP contribution is 2.39. The summed E-state index contributed by atoms with van der Waals surface area (Å²) in [6, 6.07) is 5.76. The van der Waals surface area contributed by atoms with Crippen LogP contribution in [0.15, 0.2) is 18.2 Å². The first-order valence-electron chi connectivity index (χ1n) is 7.74. The Kier molecular flexibility index (Phi) is 3.76. The summed E-state index contributed by atoms with van der Waals surface area (Å²) in [6.45, 7) is 4.68. The Labute approximate surface area is 125 Å². The first-order valence-corrected chi connectivity index (χ1v) is 7.74. The standard InChI is InChI=1S/C17H23NO3/c1-17(2)13-10-11(5-7-14(13)18-16(17)20)15(19)8-6-12-4-3-9-21-12/h5,7,10,12,15,19H,3-4,6,8-9H2,1-2H3,(H,18,20). The monoisotopic (exact) mass is 289 g/mol. The zero-order valence-corrected chi connectivity index (χ0v) is 12.7. The Morgan fingerprint density at radius 2 is 2.29 bits per heavy atom. The second kappa shape index (κ2) is 5.43. The fraction of sp³-hybridized carbons (Fsp3) is 0.588. The van der Waals surface area contributed by atoms with Gasteiger partial charge in [-0.15, -0.1) is 0 Å². The third-order valence-corrected chi connectivity index (χ3v) is 4.70. The number of nitrogens with one attached hydrogen (secondary N) is 1. The van der Waals surface area contributed by atoms with E-state index in [-0.39, 0.29) is 5.91 Å². The molecule has 2 N–H and O–H groups in total. The van der Waals surface area contributed by atoms with Crippen molar-refractivity contribution in [3.05, 3.63) is 29.3 Å². The van der Waals surface area contributed by atoms with Crippen LogP contribution in [0.2, 0.25) is 0 Å². The van der Waals surface area contributed by atoms with Gasteiger partial charge in [-0.2, -0.15) is 0 Å². The topological polar surface area (TPSA) is 58.6 Å². The molecular formula is C17H23NO3. The van der Waals surface area contributed by atoms with Crippen LogP contribution in [0.4, 0.5) is 5.69 Å². The third kappa shape index (κ3) is 2.70. The Bertz CT molecular complexity index is 547. The van der Waals surface area contributed by atoms with Crippen molar-refractivity contribution < 1.29 is 14.6 Å². The molecule has 0 spiro atoms. The van der Waals surface area contributed by atoms with Gasteiger partial charge in [-0.25, -0.2) is 0 Å². The lowest BCUT2D eigenvalue weighted by Crippen LogP contribution is -2.26. The minimum atomic E-state index is -0.528. The lowest BCUT2D eigenvalue weighted by Gasteiger charge is -2.18. The van der Waals surface area contributed by atoms with E-state index in [0.717, 1.165) is 42.7 Å². The molecule has 3 rings (SSSR count). The molecular weight excluding hydrogens is 266 g/mol. The van der Waals surface area contributed by atoms with Crippen LogP contribution < -0.4 is 5.32 Å². The summed E-state index contributed by atoms with van der Waals surface area (Å²) in [7, 11) is 0. The van der Waals surface area contributed by atoms with E-state index in [0.29, 0.717) is 12.5 Å². The van der Waals surface area contributed by atoms with Gasteiger partial charge >= 0.3 is 0 Å². The van der Waals surface area contributed by atoms with Crippen molar-refractivity contribution in [1.82, 2.24) is 0 Å². The Hall–Kier alpha value is -1.39. The summed E-state index contributed by atoms with van der Waals surface area (Å²) >= 11 is 0. The van der Waals surface area contributed by atoms with Crippen LogP contribution in [0, 0.1) is 0 Å². The van der Waals surface area contributed by atoms with Crippen molar-refractivity contribution in [3.8, 4) is 0 Å². The van der Waals surface area contributed by atoms with Gasteiger partial charge in [0, 0.05) is 12.3 Å². The Morgan fingerprint density at radius 1 is 1.48 bits per heavy atom. The molecule has 4 heteroatoms. The summed E-state index contributed by atoms with van der Waals surface area (Å²) in [6.07, 6.45) is 3.62. The molecule has 2 atom stereocenters. The third-order valence-electron chi connectivity index (χ3n) is 4.70. The van der Waals surface area contributed by atoms with E-state index in [9.17, 15) is 9.90 Å². The van der Waals surface area contributed by atoms with Crippen LogP contribution >= 0.6 is 0 Å². The van der Waals surface area contributed by atoms with E-state index >= 15 is 0 Å². The van der Waals surface area contributed by atoms with Crippen molar-refractivity contribution >= 4 is 11.6 Å². The molecule has 2 unspecified atom stereocenters. The molecule has 1 amide bonds. The number of aliphatic hydroxyl groups is 1. The van der Waals surface area contributed by atoms with Crippen LogP contribution in [0.3, 0.4) is 0 Å². The van der Waals surface area contributed by atoms with Gasteiger partial charge in [0.15, 0.2) is 0 Å². The number of anilines is 1. The number of ether oxygens (including phenoxy) is 1. The average Bonchev–Trinajstić information content (AvgIpc) is 3.04. The molecule has 2 heterocycles. The molecule has 2 aliphatic rings. The first-order chi connectivity index (χ1) is 9.98. The summed E-state index contributed by atoms with van der Waals surface area (Å²) in [5.74, 6) is 0.0171. The van der Waals surface area contributed by atoms with Gasteiger partial charge in [-0.3, -0.25) is 4.79 Å². The van der Waals surface area contributed by atoms with Crippen molar-refractivity contribution in [1.29, 1.82) is 0 Å². The molecule has 1 aromatic carbocycles. The highest BCUT2D eigenvalue weighted by Gasteiger charge is 2.38. The highest BCUT2D eigenvalue weighted by atomic mass is 16.5. The number of benzene rings is 1. The highest BCUT2D eigenvalue weighted by molar-refractivity contribution is 6.05. The Balaban J connectivity index is 1.71.